The van der Waals surface area contributed by atoms with Crippen molar-refractivity contribution in [2.24, 2.45) is 0 Å². The smallest absolute Gasteiger partial charge is 0.244 e. The molecule has 2 aliphatic rings. The van der Waals surface area contributed by atoms with Crippen molar-refractivity contribution in [2.75, 3.05) is 18.0 Å². The number of hydrogen-bond acceptors (Lipinski definition) is 4. The molecule has 0 unspecified atom stereocenters. The predicted molar refractivity (Wildman–Crippen MR) is 83.8 cm³/mol. The zero-order valence-electron chi connectivity index (χ0n) is 12.6. The van der Waals surface area contributed by atoms with Crippen molar-refractivity contribution in [1.29, 1.82) is 0 Å². The van der Waals surface area contributed by atoms with Crippen LogP contribution in [0.25, 0.3) is 11.1 Å². The molecule has 0 bridgehead atoms. The fourth-order valence-corrected chi connectivity index (χ4v) is 3.55. The Balaban J connectivity index is 1.71. The summed E-state index contributed by atoms with van der Waals surface area (Å²) >= 11 is 0. The molecule has 2 aromatic rings. The van der Waals surface area contributed by atoms with Gasteiger partial charge in [-0.2, -0.15) is 0 Å². The normalized spacial score (nSPS) is 20.4. The van der Waals surface area contributed by atoms with E-state index in [1.54, 1.807) is 6.26 Å². The quantitative estimate of drug-likeness (QED) is 0.924. The van der Waals surface area contributed by atoms with Crippen LogP contribution in [0.1, 0.15) is 24.1 Å². The average Bonchev–Trinajstić information content (AvgIpc) is 3.26. The van der Waals surface area contributed by atoms with E-state index in [0.29, 0.717) is 0 Å². The number of benzene rings is 1. The first-order chi connectivity index (χ1) is 10.8. The summed E-state index contributed by atoms with van der Waals surface area (Å²) in [6.07, 6.45) is 4.59. The zero-order valence-corrected chi connectivity index (χ0v) is 12.6. The van der Waals surface area contributed by atoms with Crippen LogP contribution in [0.5, 0.6) is 0 Å². The van der Waals surface area contributed by atoms with Gasteiger partial charge in [-0.25, -0.2) is 0 Å². The molecule has 0 saturated carbocycles. The molecule has 1 saturated heterocycles. The minimum Gasteiger partial charge on any atom is -0.364 e. The largest absolute Gasteiger partial charge is 0.364 e. The predicted octanol–water partition coefficient (Wildman–Crippen LogP) is 2.29. The summed E-state index contributed by atoms with van der Waals surface area (Å²) in [4.78, 5) is 14.6. The van der Waals surface area contributed by atoms with Gasteiger partial charge < -0.3 is 14.7 Å². The molecule has 5 heteroatoms. The highest BCUT2D eigenvalue weighted by Gasteiger charge is 2.32. The van der Waals surface area contributed by atoms with Crippen LogP contribution in [0.4, 0.5) is 5.69 Å². The van der Waals surface area contributed by atoms with Gasteiger partial charge >= 0.3 is 0 Å². The maximum atomic E-state index is 12.7. The van der Waals surface area contributed by atoms with E-state index in [1.807, 2.05) is 24.0 Å². The fraction of sp³-hybridized carbons (Fsp3) is 0.412. The third-order valence-corrected chi connectivity index (χ3v) is 4.69. The number of aromatic nitrogens is 1. The summed E-state index contributed by atoms with van der Waals surface area (Å²) in [5, 5.41) is 7.27. The number of nitrogens with zero attached hydrogens (tertiary/aromatic N) is 2. The standard InChI is InChI=1S/C17H19N3O2/c1-11-14(10-22-19-11)12-4-2-6-16-13(12)7-9-20(16)17(21)15-5-3-8-18-15/h2,4,6,10,15,18H,3,5,7-9H2,1H3/t15-/m0/s1. The molecule has 1 aromatic heterocycles. The van der Waals surface area contributed by atoms with Gasteiger partial charge in [-0.3, -0.25) is 4.79 Å². The molecule has 1 aromatic carbocycles. The first-order valence-corrected chi connectivity index (χ1v) is 7.83. The summed E-state index contributed by atoms with van der Waals surface area (Å²) in [6.45, 7) is 3.64. The second kappa shape index (κ2) is 5.25. The van der Waals surface area contributed by atoms with Gasteiger partial charge in [-0.15, -0.1) is 0 Å². The van der Waals surface area contributed by atoms with E-state index < -0.39 is 0 Å². The molecular weight excluding hydrogens is 278 g/mol. The maximum absolute atomic E-state index is 12.7. The van der Waals surface area contributed by atoms with Crippen molar-refractivity contribution in [3.8, 4) is 11.1 Å². The summed E-state index contributed by atoms with van der Waals surface area (Å²) in [6, 6.07) is 6.11. The molecule has 4 rings (SSSR count). The average molecular weight is 297 g/mol. The number of aryl methyl sites for hydroxylation is 1. The fourth-order valence-electron chi connectivity index (χ4n) is 3.55. The van der Waals surface area contributed by atoms with Crippen LogP contribution in [0.2, 0.25) is 0 Å². The van der Waals surface area contributed by atoms with Crippen molar-refractivity contribution < 1.29 is 9.32 Å². The van der Waals surface area contributed by atoms with Crippen LogP contribution in [0.15, 0.2) is 29.0 Å². The molecule has 3 heterocycles. The first kappa shape index (κ1) is 13.5. The van der Waals surface area contributed by atoms with Gasteiger partial charge in [0.1, 0.15) is 6.26 Å². The Morgan fingerprint density at radius 1 is 1.41 bits per heavy atom. The SMILES string of the molecule is Cc1nocc1-c1cccc2c1CCN2C(=O)[C@@H]1CCCN1. The minimum absolute atomic E-state index is 0.0214. The molecule has 1 N–H and O–H groups in total. The van der Waals surface area contributed by atoms with E-state index in [-0.39, 0.29) is 11.9 Å². The number of nitrogens with one attached hydrogen (secondary N) is 1. The van der Waals surface area contributed by atoms with Gasteiger partial charge in [0.2, 0.25) is 5.91 Å². The highest BCUT2D eigenvalue weighted by molar-refractivity contribution is 6.00. The van der Waals surface area contributed by atoms with Crippen LogP contribution in [-0.4, -0.2) is 30.2 Å². The van der Waals surface area contributed by atoms with Crippen molar-refractivity contribution >= 4 is 11.6 Å². The maximum Gasteiger partial charge on any atom is 0.244 e. The lowest BCUT2D eigenvalue weighted by atomic mass is 9.98. The lowest BCUT2D eigenvalue weighted by Crippen LogP contribution is -2.42. The van der Waals surface area contributed by atoms with Crippen LogP contribution >= 0.6 is 0 Å². The van der Waals surface area contributed by atoms with E-state index >= 15 is 0 Å². The zero-order chi connectivity index (χ0) is 15.1. The van der Waals surface area contributed by atoms with Crippen molar-refractivity contribution in [2.45, 2.75) is 32.2 Å². The van der Waals surface area contributed by atoms with Crippen LogP contribution in [0.3, 0.4) is 0 Å². The van der Waals surface area contributed by atoms with Gasteiger partial charge in [-0.05, 0) is 49.9 Å². The number of fused-ring (bicyclic) bond motifs is 1. The molecule has 0 spiro atoms. The van der Waals surface area contributed by atoms with Crippen LogP contribution in [-0.2, 0) is 11.2 Å². The molecule has 22 heavy (non-hydrogen) atoms. The third kappa shape index (κ3) is 2.04. The van der Waals surface area contributed by atoms with E-state index in [2.05, 4.69) is 16.5 Å². The third-order valence-electron chi connectivity index (χ3n) is 4.69. The second-order valence-corrected chi connectivity index (χ2v) is 6.01. The molecule has 114 valence electrons. The molecule has 1 fully saturated rings. The number of anilines is 1. The Hall–Kier alpha value is -2.14. The highest BCUT2D eigenvalue weighted by Crippen LogP contribution is 2.37. The molecule has 1 amide bonds. The molecule has 5 nitrogen and oxygen atoms in total. The molecule has 1 atom stereocenters. The summed E-state index contributed by atoms with van der Waals surface area (Å²) in [7, 11) is 0. The number of carbonyl (C=O) groups is 1. The number of hydrogen-bond donors (Lipinski definition) is 1. The first-order valence-electron chi connectivity index (χ1n) is 7.83. The molecular formula is C17H19N3O2. The van der Waals surface area contributed by atoms with Gasteiger partial charge in [-0.1, -0.05) is 17.3 Å². The highest BCUT2D eigenvalue weighted by atomic mass is 16.5. The lowest BCUT2D eigenvalue weighted by Gasteiger charge is -2.21. The number of amides is 1. The summed E-state index contributed by atoms with van der Waals surface area (Å²) in [5.74, 6) is 0.204. The van der Waals surface area contributed by atoms with Gasteiger partial charge in [0.05, 0.1) is 11.7 Å². The van der Waals surface area contributed by atoms with Gasteiger partial charge in [0.15, 0.2) is 0 Å². The van der Waals surface area contributed by atoms with Gasteiger partial charge in [0, 0.05) is 17.8 Å². The molecule has 2 aliphatic heterocycles. The van der Waals surface area contributed by atoms with Crippen LogP contribution < -0.4 is 10.2 Å². The lowest BCUT2D eigenvalue weighted by molar-refractivity contribution is -0.120. The Kier molecular flexibility index (Phi) is 3.22. The van der Waals surface area contributed by atoms with E-state index in [9.17, 15) is 4.79 Å². The van der Waals surface area contributed by atoms with Gasteiger partial charge in [0.25, 0.3) is 0 Å². The number of rotatable bonds is 2. The Morgan fingerprint density at radius 2 is 2.32 bits per heavy atom. The summed E-state index contributed by atoms with van der Waals surface area (Å²) < 4.78 is 5.07. The summed E-state index contributed by atoms with van der Waals surface area (Å²) in [5.41, 5.74) is 5.30. The topological polar surface area (TPSA) is 58.4 Å². The van der Waals surface area contributed by atoms with E-state index in [4.69, 9.17) is 4.52 Å². The second-order valence-electron chi connectivity index (χ2n) is 6.01. The Labute approximate surface area is 129 Å². The van der Waals surface area contributed by atoms with Crippen molar-refractivity contribution in [3.63, 3.8) is 0 Å². The minimum atomic E-state index is -0.0214. The monoisotopic (exact) mass is 297 g/mol. The molecule has 0 radical (unpaired) electrons. The Bertz CT molecular complexity index is 716. The Morgan fingerprint density at radius 3 is 3.05 bits per heavy atom. The van der Waals surface area contributed by atoms with Crippen molar-refractivity contribution in [1.82, 2.24) is 10.5 Å². The van der Waals surface area contributed by atoms with Crippen LogP contribution in [0, 0.1) is 6.92 Å². The number of carbonyl (C=O) groups excluding carboxylic acids is 1. The molecule has 0 aliphatic carbocycles. The van der Waals surface area contributed by atoms with E-state index in [0.717, 1.165) is 54.9 Å². The van der Waals surface area contributed by atoms with Crippen molar-refractivity contribution in [3.05, 3.63) is 35.7 Å². The van der Waals surface area contributed by atoms with E-state index in [1.165, 1.54) is 5.56 Å².